The first-order valence-electron chi connectivity index (χ1n) is 9.25. The van der Waals surface area contributed by atoms with E-state index in [0.29, 0.717) is 12.1 Å². The van der Waals surface area contributed by atoms with Gasteiger partial charge < -0.3 is 5.32 Å². The highest BCUT2D eigenvalue weighted by molar-refractivity contribution is 5.95. The van der Waals surface area contributed by atoms with Gasteiger partial charge in [-0.15, -0.1) is 0 Å². The summed E-state index contributed by atoms with van der Waals surface area (Å²) in [5, 5.41) is 11.3. The molecule has 0 aliphatic rings. The Morgan fingerprint density at radius 2 is 1.45 bits per heavy atom. The number of carbonyl (C=O) groups excluding carboxylic acids is 1. The zero-order chi connectivity index (χ0) is 20.1. The van der Waals surface area contributed by atoms with Crippen LogP contribution in [0.15, 0.2) is 91.3 Å². The molecule has 0 aliphatic heterocycles. The van der Waals surface area contributed by atoms with E-state index in [0.717, 1.165) is 16.7 Å². The smallest absolute Gasteiger partial charge is 0.251 e. The van der Waals surface area contributed by atoms with Gasteiger partial charge in [0.2, 0.25) is 0 Å². The average molecular weight is 386 g/mol. The molecule has 1 amide bonds. The summed E-state index contributed by atoms with van der Waals surface area (Å²) in [5.41, 5.74) is 3.33. The Kier molecular flexibility index (Phi) is 5.42. The molecule has 6 heteroatoms. The first kappa shape index (κ1) is 18.6. The molecule has 0 spiro atoms. The Hall–Kier alpha value is -3.80. The third-order valence-corrected chi connectivity index (χ3v) is 4.64. The van der Waals surface area contributed by atoms with E-state index in [2.05, 4.69) is 15.5 Å². The number of nitrogens with one attached hydrogen (secondary N) is 1. The third kappa shape index (κ3) is 4.55. The average Bonchev–Trinajstić information content (AvgIpc) is 3.28. The minimum absolute atomic E-state index is 0.184. The maximum Gasteiger partial charge on any atom is 0.251 e. The predicted octanol–water partition coefficient (Wildman–Crippen LogP) is 4.26. The standard InChI is InChI=1S/C23H19FN4O/c24-21-12-10-18(11-13-21)17-6-8-20(9-7-17)23(29)27-22(16-28-25-14-15-26-28)19-4-2-1-3-5-19/h1-15,22H,16H2,(H,27,29). The van der Waals surface area contributed by atoms with Crippen molar-refractivity contribution in [3.63, 3.8) is 0 Å². The molecule has 1 unspecified atom stereocenters. The number of amides is 1. The number of rotatable bonds is 6. The van der Waals surface area contributed by atoms with Crippen LogP contribution in [0.1, 0.15) is 22.0 Å². The molecule has 4 aromatic rings. The molecule has 0 bridgehead atoms. The molecular weight excluding hydrogens is 367 g/mol. The van der Waals surface area contributed by atoms with Gasteiger partial charge in [-0.2, -0.15) is 15.0 Å². The SMILES string of the molecule is O=C(NC(Cn1nccn1)c1ccccc1)c1ccc(-c2ccc(F)cc2)cc1. The van der Waals surface area contributed by atoms with E-state index < -0.39 is 0 Å². The molecule has 144 valence electrons. The van der Waals surface area contributed by atoms with Crippen LogP contribution in [0.25, 0.3) is 11.1 Å². The Morgan fingerprint density at radius 1 is 0.862 bits per heavy atom. The summed E-state index contributed by atoms with van der Waals surface area (Å²) in [6, 6.07) is 23.0. The van der Waals surface area contributed by atoms with Crippen molar-refractivity contribution in [1.29, 1.82) is 0 Å². The molecular formula is C23H19FN4O. The summed E-state index contributed by atoms with van der Waals surface area (Å²) >= 11 is 0. The topological polar surface area (TPSA) is 59.8 Å². The summed E-state index contributed by atoms with van der Waals surface area (Å²) in [4.78, 5) is 14.4. The molecule has 1 heterocycles. The number of hydrogen-bond donors (Lipinski definition) is 1. The monoisotopic (exact) mass is 386 g/mol. The lowest BCUT2D eigenvalue weighted by molar-refractivity contribution is 0.0931. The third-order valence-electron chi connectivity index (χ3n) is 4.64. The van der Waals surface area contributed by atoms with Crippen molar-refractivity contribution in [3.8, 4) is 11.1 Å². The van der Waals surface area contributed by atoms with Gasteiger partial charge in [0.05, 0.1) is 25.0 Å². The maximum atomic E-state index is 13.1. The van der Waals surface area contributed by atoms with E-state index in [1.165, 1.54) is 12.1 Å². The van der Waals surface area contributed by atoms with Crippen molar-refractivity contribution in [1.82, 2.24) is 20.3 Å². The van der Waals surface area contributed by atoms with Crippen molar-refractivity contribution in [2.75, 3.05) is 0 Å². The first-order chi connectivity index (χ1) is 14.2. The van der Waals surface area contributed by atoms with E-state index in [1.807, 2.05) is 42.5 Å². The second-order valence-corrected chi connectivity index (χ2v) is 6.60. The molecule has 1 atom stereocenters. The van der Waals surface area contributed by atoms with E-state index in [-0.39, 0.29) is 17.8 Å². The lowest BCUT2D eigenvalue weighted by Crippen LogP contribution is -2.32. The number of halogens is 1. The molecule has 1 aromatic heterocycles. The van der Waals surface area contributed by atoms with Crippen molar-refractivity contribution in [2.24, 2.45) is 0 Å². The largest absolute Gasteiger partial charge is 0.343 e. The lowest BCUT2D eigenvalue weighted by atomic mass is 10.0. The van der Waals surface area contributed by atoms with Gasteiger partial charge in [0, 0.05) is 5.56 Å². The number of benzene rings is 3. The predicted molar refractivity (Wildman–Crippen MR) is 109 cm³/mol. The Bertz CT molecular complexity index is 1060. The number of aromatic nitrogens is 3. The van der Waals surface area contributed by atoms with Gasteiger partial charge in [0.1, 0.15) is 5.82 Å². The molecule has 29 heavy (non-hydrogen) atoms. The van der Waals surface area contributed by atoms with E-state index in [9.17, 15) is 9.18 Å². The number of hydrogen-bond acceptors (Lipinski definition) is 3. The highest BCUT2D eigenvalue weighted by Crippen LogP contribution is 2.21. The van der Waals surface area contributed by atoms with Crippen LogP contribution in [0, 0.1) is 5.82 Å². The minimum atomic E-state index is -0.275. The van der Waals surface area contributed by atoms with Crippen LogP contribution in [-0.4, -0.2) is 20.9 Å². The van der Waals surface area contributed by atoms with Gasteiger partial charge in [-0.1, -0.05) is 54.6 Å². The Morgan fingerprint density at radius 3 is 2.07 bits per heavy atom. The van der Waals surface area contributed by atoms with Crippen LogP contribution in [0.3, 0.4) is 0 Å². The second-order valence-electron chi connectivity index (χ2n) is 6.60. The van der Waals surface area contributed by atoms with Crippen LogP contribution < -0.4 is 5.32 Å². The normalized spacial score (nSPS) is 11.8. The summed E-state index contributed by atoms with van der Waals surface area (Å²) in [6.45, 7) is 0.427. The molecule has 0 fully saturated rings. The van der Waals surface area contributed by atoms with Crippen molar-refractivity contribution in [3.05, 3.63) is 108 Å². The Labute approximate surface area is 167 Å². The summed E-state index contributed by atoms with van der Waals surface area (Å²) < 4.78 is 13.1. The molecule has 0 aliphatic carbocycles. The quantitative estimate of drug-likeness (QED) is 0.539. The zero-order valence-electron chi connectivity index (χ0n) is 15.6. The van der Waals surface area contributed by atoms with E-state index >= 15 is 0 Å². The van der Waals surface area contributed by atoms with Gasteiger partial charge in [0.15, 0.2) is 0 Å². The molecule has 0 radical (unpaired) electrons. The molecule has 1 N–H and O–H groups in total. The second kappa shape index (κ2) is 8.48. The lowest BCUT2D eigenvalue weighted by Gasteiger charge is -2.19. The van der Waals surface area contributed by atoms with Gasteiger partial charge in [-0.05, 0) is 41.0 Å². The highest BCUT2D eigenvalue weighted by atomic mass is 19.1. The van der Waals surface area contributed by atoms with E-state index in [1.54, 1.807) is 41.5 Å². The molecule has 4 rings (SSSR count). The first-order valence-corrected chi connectivity index (χ1v) is 9.25. The van der Waals surface area contributed by atoms with Gasteiger partial charge in [-0.3, -0.25) is 4.79 Å². The summed E-state index contributed by atoms with van der Waals surface area (Å²) in [6.07, 6.45) is 3.22. The van der Waals surface area contributed by atoms with Crippen molar-refractivity contribution < 1.29 is 9.18 Å². The molecule has 3 aromatic carbocycles. The van der Waals surface area contributed by atoms with Gasteiger partial charge in [-0.25, -0.2) is 4.39 Å². The van der Waals surface area contributed by atoms with Crippen LogP contribution in [0.2, 0.25) is 0 Å². The number of nitrogens with zero attached hydrogens (tertiary/aromatic N) is 3. The van der Waals surface area contributed by atoms with E-state index in [4.69, 9.17) is 0 Å². The van der Waals surface area contributed by atoms with Crippen molar-refractivity contribution in [2.45, 2.75) is 12.6 Å². The maximum absolute atomic E-state index is 13.1. The van der Waals surface area contributed by atoms with Gasteiger partial charge in [0.25, 0.3) is 5.91 Å². The van der Waals surface area contributed by atoms with Crippen molar-refractivity contribution >= 4 is 5.91 Å². The fraction of sp³-hybridized carbons (Fsp3) is 0.0870. The number of carbonyl (C=O) groups is 1. The Balaban J connectivity index is 1.52. The summed E-state index contributed by atoms with van der Waals surface area (Å²) in [7, 11) is 0. The van der Waals surface area contributed by atoms with Crippen LogP contribution >= 0.6 is 0 Å². The van der Waals surface area contributed by atoms with Crippen LogP contribution in [-0.2, 0) is 6.54 Å². The fourth-order valence-corrected chi connectivity index (χ4v) is 3.12. The highest BCUT2D eigenvalue weighted by Gasteiger charge is 2.17. The molecule has 0 saturated carbocycles. The fourth-order valence-electron chi connectivity index (χ4n) is 3.12. The molecule has 0 saturated heterocycles. The molecule has 5 nitrogen and oxygen atoms in total. The zero-order valence-corrected chi connectivity index (χ0v) is 15.6. The summed E-state index contributed by atoms with van der Waals surface area (Å²) in [5.74, 6) is -0.458. The van der Waals surface area contributed by atoms with Crippen LogP contribution in [0.4, 0.5) is 4.39 Å². The van der Waals surface area contributed by atoms with Crippen LogP contribution in [0.5, 0.6) is 0 Å². The van der Waals surface area contributed by atoms with Gasteiger partial charge >= 0.3 is 0 Å². The minimum Gasteiger partial charge on any atom is -0.343 e.